The minimum Gasteiger partial charge on any atom is -0.368 e. The first-order valence-electron chi connectivity index (χ1n) is 10.1. The summed E-state index contributed by atoms with van der Waals surface area (Å²) in [5.41, 5.74) is 3.53. The average Bonchev–Trinajstić information content (AvgIpc) is 3.46. The lowest BCUT2D eigenvalue weighted by atomic mass is 10.1. The van der Waals surface area contributed by atoms with Crippen molar-refractivity contribution in [2.24, 2.45) is 0 Å². The largest absolute Gasteiger partial charge is 0.368 e. The van der Waals surface area contributed by atoms with Crippen molar-refractivity contribution in [2.75, 3.05) is 38.1 Å². The molecule has 6 nitrogen and oxygen atoms in total. The summed E-state index contributed by atoms with van der Waals surface area (Å²) >= 11 is 1.65. The Kier molecular flexibility index (Phi) is 7.43. The number of piperazine rings is 1. The van der Waals surface area contributed by atoms with Gasteiger partial charge in [0.2, 0.25) is 0 Å². The number of rotatable bonds is 5. The second-order valence-corrected chi connectivity index (χ2v) is 7.69. The van der Waals surface area contributed by atoms with Crippen LogP contribution >= 0.6 is 11.3 Å². The summed E-state index contributed by atoms with van der Waals surface area (Å²) in [6.07, 6.45) is 0. The van der Waals surface area contributed by atoms with Crippen LogP contribution in [0.4, 0.5) is 5.69 Å². The predicted octanol–water partition coefficient (Wildman–Crippen LogP) is 3.85. The molecule has 0 aliphatic carbocycles. The Morgan fingerprint density at radius 2 is 1.90 bits per heavy atom. The van der Waals surface area contributed by atoms with Crippen molar-refractivity contribution in [3.05, 3.63) is 59.1 Å². The third kappa shape index (κ3) is 5.25. The van der Waals surface area contributed by atoms with Crippen LogP contribution < -0.4 is 10.2 Å². The van der Waals surface area contributed by atoms with Gasteiger partial charge < -0.3 is 15.1 Å². The van der Waals surface area contributed by atoms with Crippen LogP contribution in [-0.2, 0) is 6.54 Å². The summed E-state index contributed by atoms with van der Waals surface area (Å²) in [5.74, 6) is -0.0585. The van der Waals surface area contributed by atoms with Gasteiger partial charge in [0.15, 0.2) is 0 Å². The molecule has 2 aromatic heterocycles. The number of nitrogens with one attached hydrogen (secondary N) is 2. The Balaban J connectivity index is 0.00000117. The number of benzene rings is 1. The van der Waals surface area contributed by atoms with Crippen LogP contribution in [0.15, 0.2) is 47.8 Å². The lowest BCUT2D eigenvalue weighted by Gasteiger charge is -2.35. The molecular formula is C22H29N5OS. The Morgan fingerprint density at radius 3 is 2.62 bits per heavy atom. The summed E-state index contributed by atoms with van der Waals surface area (Å²) < 4.78 is 0. The number of anilines is 1. The van der Waals surface area contributed by atoms with Crippen LogP contribution in [0.25, 0.3) is 10.6 Å². The molecule has 0 spiro atoms. The molecule has 1 aliphatic heterocycles. The number of hydrogen-bond acceptors (Lipinski definition) is 5. The quantitative estimate of drug-likeness (QED) is 0.669. The minimum atomic E-state index is -0.0585. The Hall–Kier alpha value is -2.64. The Bertz CT molecular complexity index is 898. The highest BCUT2D eigenvalue weighted by molar-refractivity contribution is 7.13. The second-order valence-electron chi connectivity index (χ2n) is 6.75. The topological polar surface area (TPSA) is 64.3 Å². The number of aromatic amines is 1. The summed E-state index contributed by atoms with van der Waals surface area (Å²) in [7, 11) is 2.13. The third-order valence-corrected chi connectivity index (χ3v) is 5.73. The number of aromatic nitrogens is 2. The van der Waals surface area contributed by atoms with Crippen molar-refractivity contribution in [1.82, 2.24) is 20.4 Å². The molecule has 1 aromatic carbocycles. The fraction of sp³-hybridized carbons (Fsp3) is 0.364. The first-order valence-corrected chi connectivity index (χ1v) is 11.0. The van der Waals surface area contributed by atoms with Crippen LogP contribution in [0.1, 0.15) is 29.9 Å². The van der Waals surface area contributed by atoms with E-state index in [0.717, 1.165) is 53.7 Å². The number of nitrogens with zero attached hydrogens (tertiary/aromatic N) is 3. The molecule has 2 N–H and O–H groups in total. The van der Waals surface area contributed by atoms with Crippen molar-refractivity contribution >= 4 is 22.9 Å². The average molecular weight is 412 g/mol. The van der Waals surface area contributed by atoms with E-state index in [1.165, 1.54) is 0 Å². The van der Waals surface area contributed by atoms with E-state index in [2.05, 4.69) is 32.4 Å². The molecule has 0 radical (unpaired) electrons. The van der Waals surface area contributed by atoms with Gasteiger partial charge in [0, 0.05) is 31.9 Å². The summed E-state index contributed by atoms with van der Waals surface area (Å²) in [6.45, 7) is 8.32. The van der Waals surface area contributed by atoms with Gasteiger partial charge in [-0.25, -0.2) is 0 Å². The highest BCUT2D eigenvalue weighted by atomic mass is 32.1. The first kappa shape index (κ1) is 21.1. The maximum Gasteiger partial charge on any atom is 0.253 e. The molecule has 29 heavy (non-hydrogen) atoms. The molecule has 4 rings (SSSR count). The molecule has 154 valence electrons. The molecule has 7 heteroatoms. The van der Waals surface area contributed by atoms with E-state index in [9.17, 15) is 4.79 Å². The summed E-state index contributed by atoms with van der Waals surface area (Å²) in [5, 5.41) is 12.4. The zero-order valence-electron chi connectivity index (χ0n) is 17.3. The smallest absolute Gasteiger partial charge is 0.253 e. The SMILES string of the molecule is CC.CN1CCN(c2ccccc2C(=O)NCc2cc(-c3cccs3)n[nH]2)CC1. The van der Waals surface area contributed by atoms with Crippen LogP contribution in [0.5, 0.6) is 0 Å². The van der Waals surface area contributed by atoms with E-state index in [1.54, 1.807) is 11.3 Å². The van der Waals surface area contributed by atoms with E-state index < -0.39 is 0 Å². The van der Waals surface area contributed by atoms with Gasteiger partial charge in [0.05, 0.1) is 22.7 Å². The van der Waals surface area contributed by atoms with Crippen LogP contribution in [0.2, 0.25) is 0 Å². The van der Waals surface area contributed by atoms with Gasteiger partial charge in [-0.05, 0) is 36.7 Å². The number of hydrogen-bond donors (Lipinski definition) is 2. The van der Waals surface area contributed by atoms with E-state index >= 15 is 0 Å². The normalized spacial score (nSPS) is 14.2. The molecule has 3 heterocycles. The lowest BCUT2D eigenvalue weighted by Crippen LogP contribution is -2.45. The lowest BCUT2D eigenvalue weighted by molar-refractivity contribution is 0.0950. The van der Waals surface area contributed by atoms with Crippen LogP contribution in [-0.4, -0.2) is 54.2 Å². The molecule has 0 atom stereocenters. The molecule has 1 fully saturated rings. The number of carbonyl (C=O) groups excluding carboxylic acids is 1. The molecule has 3 aromatic rings. The van der Waals surface area contributed by atoms with Crippen molar-refractivity contribution in [3.8, 4) is 10.6 Å². The van der Waals surface area contributed by atoms with Gasteiger partial charge in [-0.2, -0.15) is 5.10 Å². The zero-order valence-corrected chi connectivity index (χ0v) is 18.1. The molecular weight excluding hydrogens is 382 g/mol. The monoisotopic (exact) mass is 411 g/mol. The predicted molar refractivity (Wildman–Crippen MR) is 121 cm³/mol. The van der Waals surface area contributed by atoms with Gasteiger partial charge in [-0.15, -0.1) is 11.3 Å². The van der Waals surface area contributed by atoms with E-state index in [1.807, 2.05) is 61.7 Å². The van der Waals surface area contributed by atoms with Gasteiger partial charge in [0.25, 0.3) is 5.91 Å². The molecule has 1 aliphatic rings. The van der Waals surface area contributed by atoms with E-state index in [-0.39, 0.29) is 5.91 Å². The van der Waals surface area contributed by atoms with Crippen molar-refractivity contribution < 1.29 is 4.79 Å². The highest BCUT2D eigenvalue weighted by Crippen LogP contribution is 2.24. The fourth-order valence-corrected chi connectivity index (χ4v) is 3.95. The molecule has 0 saturated carbocycles. The van der Waals surface area contributed by atoms with Crippen LogP contribution in [0, 0.1) is 0 Å². The van der Waals surface area contributed by atoms with Crippen molar-refractivity contribution in [1.29, 1.82) is 0 Å². The summed E-state index contributed by atoms with van der Waals surface area (Å²) in [4.78, 5) is 18.5. The zero-order chi connectivity index (χ0) is 20.6. The number of likely N-dealkylation sites (N-methyl/N-ethyl adjacent to an activating group) is 1. The number of carbonyl (C=O) groups is 1. The number of para-hydroxylation sites is 1. The fourth-order valence-electron chi connectivity index (χ4n) is 3.26. The van der Waals surface area contributed by atoms with Gasteiger partial charge in [0.1, 0.15) is 5.69 Å². The molecule has 1 saturated heterocycles. The molecule has 0 bridgehead atoms. The molecule has 1 amide bonds. The number of thiophene rings is 1. The van der Waals surface area contributed by atoms with Crippen molar-refractivity contribution in [2.45, 2.75) is 20.4 Å². The standard InChI is InChI=1S/C20H23N5OS.C2H6/c1-24-8-10-25(11-9-24)18-6-3-2-5-16(18)20(26)21-14-15-13-17(23-22-15)19-7-4-12-27-19;1-2/h2-7,12-13H,8-11,14H2,1H3,(H,21,26)(H,22,23);1-2H3. The molecule has 0 unspecified atom stereocenters. The van der Waals surface area contributed by atoms with E-state index in [0.29, 0.717) is 6.54 Å². The number of H-pyrrole nitrogens is 1. The van der Waals surface area contributed by atoms with Gasteiger partial charge in [-0.1, -0.05) is 32.0 Å². The van der Waals surface area contributed by atoms with E-state index in [4.69, 9.17) is 0 Å². The third-order valence-electron chi connectivity index (χ3n) is 4.84. The maximum atomic E-state index is 12.8. The van der Waals surface area contributed by atoms with Crippen molar-refractivity contribution in [3.63, 3.8) is 0 Å². The Labute approximate surface area is 176 Å². The van der Waals surface area contributed by atoms with Crippen LogP contribution in [0.3, 0.4) is 0 Å². The maximum absolute atomic E-state index is 12.8. The summed E-state index contributed by atoms with van der Waals surface area (Å²) in [6, 6.07) is 13.9. The Morgan fingerprint density at radius 1 is 1.14 bits per heavy atom. The highest BCUT2D eigenvalue weighted by Gasteiger charge is 2.19. The van der Waals surface area contributed by atoms with Gasteiger partial charge >= 0.3 is 0 Å². The minimum absolute atomic E-state index is 0.0585. The van der Waals surface area contributed by atoms with Gasteiger partial charge in [-0.3, -0.25) is 9.89 Å². The second kappa shape index (κ2) is 10.2. The first-order chi connectivity index (χ1) is 14.2. The number of amides is 1.